The van der Waals surface area contributed by atoms with Crippen molar-refractivity contribution in [3.63, 3.8) is 0 Å². The van der Waals surface area contributed by atoms with Crippen molar-refractivity contribution in [3.05, 3.63) is 78.0 Å². The molecule has 152 valence electrons. The Morgan fingerprint density at radius 1 is 0.833 bits per heavy atom. The second-order valence-corrected chi connectivity index (χ2v) is 7.74. The summed E-state index contributed by atoms with van der Waals surface area (Å²) in [6.45, 7) is 2.23. The van der Waals surface area contributed by atoms with Crippen LogP contribution in [0, 0.1) is 0 Å². The van der Waals surface area contributed by atoms with Crippen LogP contribution in [-0.2, 0) is 9.59 Å². The van der Waals surface area contributed by atoms with Gasteiger partial charge in [-0.2, -0.15) is 0 Å². The Labute approximate surface area is 176 Å². The number of benzene rings is 2. The molecule has 4 rings (SSSR count). The summed E-state index contributed by atoms with van der Waals surface area (Å²) in [6.07, 6.45) is 12.1. The van der Waals surface area contributed by atoms with E-state index in [9.17, 15) is 9.59 Å². The largest absolute Gasteiger partial charge is 0.372 e. The number of allylic oxidation sites excluding steroid dienone is 2. The van der Waals surface area contributed by atoms with Gasteiger partial charge in [0.2, 0.25) is 0 Å². The Balaban J connectivity index is 1.29. The van der Waals surface area contributed by atoms with Crippen molar-refractivity contribution >= 4 is 40.3 Å². The van der Waals surface area contributed by atoms with E-state index in [0.717, 1.165) is 35.1 Å². The summed E-state index contributed by atoms with van der Waals surface area (Å²) in [4.78, 5) is 29.8. The second kappa shape index (κ2) is 9.40. The first-order chi connectivity index (χ1) is 14.7. The van der Waals surface area contributed by atoms with Gasteiger partial charge in [0.1, 0.15) is 0 Å². The van der Waals surface area contributed by atoms with E-state index in [0.29, 0.717) is 0 Å². The number of aromatic amines is 1. The van der Waals surface area contributed by atoms with E-state index in [1.165, 1.54) is 37.1 Å². The summed E-state index contributed by atoms with van der Waals surface area (Å²) in [5.74, 6) is -0.388. The number of carbonyl (C=O) groups is 2. The van der Waals surface area contributed by atoms with Crippen LogP contribution in [0.25, 0.3) is 23.1 Å². The summed E-state index contributed by atoms with van der Waals surface area (Å²) in [5.41, 5.74) is 4.15. The Kier molecular flexibility index (Phi) is 6.23. The van der Waals surface area contributed by atoms with E-state index in [1.807, 2.05) is 42.6 Å². The van der Waals surface area contributed by atoms with Gasteiger partial charge in [0.05, 0.1) is 6.42 Å². The minimum atomic E-state index is -0.198. The maximum absolute atomic E-state index is 12.1. The zero-order valence-corrected chi connectivity index (χ0v) is 17.0. The highest BCUT2D eigenvalue weighted by atomic mass is 16.1. The number of H-pyrrole nitrogens is 1. The molecule has 3 aromatic rings. The molecule has 0 amide bonds. The molecule has 4 nitrogen and oxygen atoms in total. The molecule has 0 atom stereocenters. The van der Waals surface area contributed by atoms with Crippen molar-refractivity contribution in [2.45, 2.75) is 25.7 Å². The van der Waals surface area contributed by atoms with Crippen LogP contribution in [0.3, 0.4) is 0 Å². The molecule has 0 radical (unpaired) electrons. The fourth-order valence-corrected chi connectivity index (χ4v) is 3.79. The van der Waals surface area contributed by atoms with E-state index in [1.54, 1.807) is 12.2 Å². The Morgan fingerprint density at radius 2 is 1.50 bits per heavy atom. The van der Waals surface area contributed by atoms with Crippen LogP contribution >= 0.6 is 0 Å². The maximum atomic E-state index is 12.1. The summed E-state index contributed by atoms with van der Waals surface area (Å²) in [6, 6.07) is 16.2. The molecule has 2 aromatic carbocycles. The van der Waals surface area contributed by atoms with Gasteiger partial charge in [0.15, 0.2) is 11.6 Å². The number of hydrogen-bond acceptors (Lipinski definition) is 3. The first-order valence-electron chi connectivity index (χ1n) is 10.5. The predicted octanol–water partition coefficient (Wildman–Crippen LogP) is 5.41. The van der Waals surface area contributed by atoms with Crippen LogP contribution in [0.1, 0.15) is 36.8 Å². The quantitative estimate of drug-likeness (QED) is 0.427. The molecule has 4 heteroatoms. The van der Waals surface area contributed by atoms with E-state index in [2.05, 4.69) is 22.0 Å². The Hall–Kier alpha value is -3.40. The molecule has 1 saturated heterocycles. The smallest absolute Gasteiger partial charge is 0.163 e. The molecule has 0 bridgehead atoms. The maximum Gasteiger partial charge on any atom is 0.163 e. The number of piperidine rings is 1. The molecule has 1 aromatic heterocycles. The van der Waals surface area contributed by atoms with Crippen LogP contribution in [-0.4, -0.2) is 29.6 Å². The van der Waals surface area contributed by atoms with E-state index < -0.39 is 0 Å². The van der Waals surface area contributed by atoms with Crippen molar-refractivity contribution in [2.24, 2.45) is 0 Å². The van der Waals surface area contributed by atoms with Gasteiger partial charge in [-0.25, -0.2) is 0 Å². The Bertz CT molecular complexity index is 1080. The highest BCUT2D eigenvalue weighted by Gasteiger charge is 2.10. The number of aromatic nitrogens is 1. The first kappa shape index (κ1) is 19.9. The Morgan fingerprint density at radius 3 is 2.23 bits per heavy atom. The molecule has 1 aliphatic rings. The van der Waals surface area contributed by atoms with Gasteiger partial charge in [-0.1, -0.05) is 36.4 Å². The molecular formula is C26H26N2O2. The summed E-state index contributed by atoms with van der Waals surface area (Å²) in [5, 5.41) is 1.13. The highest BCUT2D eigenvalue weighted by Crippen LogP contribution is 2.20. The summed E-state index contributed by atoms with van der Waals surface area (Å²) < 4.78 is 0. The molecule has 1 fully saturated rings. The van der Waals surface area contributed by atoms with E-state index >= 15 is 0 Å². The van der Waals surface area contributed by atoms with Crippen LogP contribution in [0.15, 0.2) is 66.9 Å². The van der Waals surface area contributed by atoms with Crippen molar-refractivity contribution in [3.8, 4) is 0 Å². The molecule has 1 N–H and O–H groups in total. The number of rotatable bonds is 7. The predicted molar refractivity (Wildman–Crippen MR) is 124 cm³/mol. The lowest BCUT2D eigenvalue weighted by molar-refractivity contribution is -0.121. The summed E-state index contributed by atoms with van der Waals surface area (Å²) >= 11 is 0. The van der Waals surface area contributed by atoms with Gasteiger partial charge >= 0.3 is 0 Å². The molecular weight excluding hydrogens is 372 g/mol. The lowest BCUT2D eigenvalue weighted by Crippen LogP contribution is -2.29. The topological polar surface area (TPSA) is 53.2 Å². The van der Waals surface area contributed by atoms with Gasteiger partial charge in [0.25, 0.3) is 0 Å². The third-order valence-corrected chi connectivity index (χ3v) is 5.47. The van der Waals surface area contributed by atoms with E-state index in [-0.39, 0.29) is 18.0 Å². The first-order valence-corrected chi connectivity index (χ1v) is 10.5. The zero-order valence-electron chi connectivity index (χ0n) is 17.0. The highest BCUT2D eigenvalue weighted by molar-refractivity contribution is 6.11. The molecule has 0 saturated carbocycles. The molecule has 30 heavy (non-hydrogen) atoms. The fraction of sp³-hybridized carbons (Fsp3) is 0.231. The van der Waals surface area contributed by atoms with Crippen LogP contribution in [0.4, 0.5) is 5.69 Å². The number of nitrogens with zero attached hydrogens (tertiary/aromatic N) is 1. The molecule has 1 aliphatic heterocycles. The minimum absolute atomic E-state index is 0.121. The van der Waals surface area contributed by atoms with Gasteiger partial charge in [-0.15, -0.1) is 0 Å². The van der Waals surface area contributed by atoms with E-state index in [4.69, 9.17) is 0 Å². The number of nitrogens with one attached hydrogen (secondary N) is 1. The molecule has 0 spiro atoms. The number of hydrogen-bond donors (Lipinski definition) is 1. The fourth-order valence-electron chi connectivity index (χ4n) is 3.79. The lowest BCUT2D eigenvalue weighted by atomic mass is 10.1. The van der Waals surface area contributed by atoms with Gasteiger partial charge in [-0.3, -0.25) is 9.59 Å². The summed E-state index contributed by atoms with van der Waals surface area (Å²) in [7, 11) is 0. The SMILES string of the molecule is O=C(/C=C/c1ccc(N2CCCCC2)cc1)CC(=O)/C=C/c1ccc2cc[nH]c2c1. The molecule has 2 heterocycles. The standard InChI is InChI=1S/C26H26N2O2/c29-24(12-7-20-5-10-23(11-6-20)28-16-2-1-3-17-28)19-25(30)13-8-21-4-9-22-14-15-27-26(22)18-21/h4-15,18,27H,1-3,16-17,19H2/b12-7+,13-8+. The average molecular weight is 399 g/mol. The van der Waals surface area contributed by atoms with Crippen LogP contribution < -0.4 is 4.90 Å². The molecule has 0 aliphatic carbocycles. The number of carbonyl (C=O) groups excluding carboxylic acids is 2. The number of anilines is 1. The molecule has 0 unspecified atom stereocenters. The van der Waals surface area contributed by atoms with Crippen molar-refractivity contribution in [1.29, 1.82) is 0 Å². The zero-order chi connectivity index (χ0) is 20.8. The number of ketones is 2. The monoisotopic (exact) mass is 398 g/mol. The average Bonchev–Trinajstić information content (AvgIpc) is 3.25. The van der Waals surface area contributed by atoms with Gasteiger partial charge < -0.3 is 9.88 Å². The lowest BCUT2D eigenvalue weighted by Gasteiger charge is -2.28. The third-order valence-electron chi connectivity index (χ3n) is 5.47. The van der Waals surface area contributed by atoms with Crippen molar-refractivity contribution in [2.75, 3.05) is 18.0 Å². The van der Waals surface area contributed by atoms with Crippen LogP contribution in [0.2, 0.25) is 0 Å². The minimum Gasteiger partial charge on any atom is -0.372 e. The third kappa shape index (κ3) is 5.15. The normalized spacial score (nSPS) is 14.7. The second-order valence-electron chi connectivity index (χ2n) is 7.74. The van der Waals surface area contributed by atoms with Crippen molar-refractivity contribution < 1.29 is 9.59 Å². The van der Waals surface area contributed by atoms with Gasteiger partial charge in [-0.05, 0) is 72.2 Å². The van der Waals surface area contributed by atoms with Crippen LogP contribution in [0.5, 0.6) is 0 Å². The number of fused-ring (bicyclic) bond motifs is 1. The van der Waals surface area contributed by atoms with Crippen molar-refractivity contribution in [1.82, 2.24) is 4.98 Å². The van der Waals surface area contributed by atoms with Gasteiger partial charge in [0, 0.05) is 30.5 Å².